The second-order valence-corrected chi connectivity index (χ2v) is 7.59. The van der Waals surface area contributed by atoms with Crippen molar-refractivity contribution in [1.82, 2.24) is 4.90 Å². The fraction of sp³-hybridized carbons (Fsp3) is 0.765. The van der Waals surface area contributed by atoms with Gasteiger partial charge in [0.1, 0.15) is 0 Å². The number of fused-ring (bicyclic) bond motifs is 1. The number of rotatable bonds is 6. The molecule has 4 heteroatoms. The molecule has 3 nitrogen and oxygen atoms in total. The molecule has 0 amide bonds. The summed E-state index contributed by atoms with van der Waals surface area (Å²) < 4.78 is 12.1. The molecule has 0 N–H and O–H groups in total. The number of thiophene rings is 1. The van der Waals surface area contributed by atoms with E-state index >= 15 is 0 Å². The lowest BCUT2D eigenvalue weighted by atomic mass is 9.99. The molecule has 1 aromatic heterocycles. The Labute approximate surface area is 131 Å². The van der Waals surface area contributed by atoms with Gasteiger partial charge in [-0.05, 0) is 60.4 Å². The zero-order chi connectivity index (χ0) is 14.1. The summed E-state index contributed by atoms with van der Waals surface area (Å²) in [7, 11) is 0. The minimum Gasteiger partial charge on any atom is -0.378 e. The van der Waals surface area contributed by atoms with Gasteiger partial charge in [-0.1, -0.05) is 0 Å². The highest BCUT2D eigenvalue weighted by Gasteiger charge is 2.39. The van der Waals surface area contributed by atoms with Crippen LogP contribution in [-0.4, -0.2) is 42.9 Å². The summed E-state index contributed by atoms with van der Waals surface area (Å²) in [5, 5.41) is 4.44. The standard InChI is InChI=1S/C17H25NO2S/c1-2-13(1)10-19-11-15-3-4-16-17(20-15)5-7-18(16)9-14-6-8-21-12-14/h6,8,12-13,15-17H,1-5,7,9-11H2/t15?,16-,17-/m1/s1. The average Bonchev–Trinajstić information content (AvgIpc) is 3.03. The van der Waals surface area contributed by atoms with E-state index in [-0.39, 0.29) is 0 Å². The minimum absolute atomic E-state index is 0.339. The van der Waals surface area contributed by atoms with E-state index in [4.69, 9.17) is 9.47 Å². The minimum atomic E-state index is 0.339. The molecule has 1 aromatic rings. The molecule has 1 saturated carbocycles. The SMILES string of the molecule is c1cc(CN2CC[C@H]3OC(COCC4CC4)CC[C@H]32)cs1. The van der Waals surface area contributed by atoms with E-state index in [1.54, 1.807) is 11.3 Å². The lowest BCUT2D eigenvalue weighted by Crippen LogP contribution is -2.43. The Morgan fingerprint density at radius 2 is 2.14 bits per heavy atom. The van der Waals surface area contributed by atoms with Gasteiger partial charge in [0, 0.05) is 25.7 Å². The van der Waals surface area contributed by atoms with Crippen molar-refractivity contribution in [2.24, 2.45) is 5.92 Å². The molecule has 4 rings (SSSR count). The van der Waals surface area contributed by atoms with Crippen LogP contribution in [0.3, 0.4) is 0 Å². The Morgan fingerprint density at radius 3 is 2.95 bits per heavy atom. The lowest BCUT2D eigenvalue weighted by Gasteiger charge is -2.36. The van der Waals surface area contributed by atoms with Crippen LogP contribution in [0.15, 0.2) is 16.8 Å². The van der Waals surface area contributed by atoms with Gasteiger partial charge in [0.05, 0.1) is 18.8 Å². The predicted octanol–water partition coefficient (Wildman–Crippen LogP) is 3.30. The second kappa shape index (κ2) is 6.37. The average molecular weight is 307 g/mol. The summed E-state index contributed by atoms with van der Waals surface area (Å²) in [6.45, 7) is 4.04. The first kappa shape index (κ1) is 14.2. The number of likely N-dealkylation sites (tertiary alicyclic amines) is 1. The van der Waals surface area contributed by atoms with Gasteiger partial charge in [-0.15, -0.1) is 0 Å². The topological polar surface area (TPSA) is 21.7 Å². The van der Waals surface area contributed by atoms with Crippen molar-refractivity contribution in [3.05, 3.63) is 22.4 Å². The zero-order valence-electron chi connectivity index (χ0n) is 12.6. The molecule has 1 unspecified atom stereocenters. The van der Waals surface area contributed by atoms with Crippen LogP contribution in [0.2, 0.25) is 0 Å². The van der Waals surface area contributed by atoms with Crippen molar-refractivity contribution in [3.63, 3.8) is 0 Å². The number of nitrogens with zero attached hydrogens (tertiary/aromatic N) is 1. The second-order valence-electron chi connectivity index (χ2n) is 6.81. The Balaban J connectivity index is 1.25. The summed E-state index contributed by atoms with van der Waals surface area (Å²) in [5.74, 6) is 0.855. The molecule has 3 atom stereocenters. The van der Waals surface area contributed by atoms with Crippen molar-refractivity contribution in [2.45, 2.75) is 56.9 Å². The first-order valence-electron chi connectivity index (χ1n) is 8.37. The number of ether oxygens (including phenoxy) is 2. The molecule has 0 radical (unpaired) electrons. The molecule has 3 heterocycles. The molecule has 1 aliphatic carbocycles. The first-order chi connectivity index (χ1) is 10.4. The van der Waals surface area contributed by atoms with E-state index in [1.807, 2.05) is 0 Å². The van der Waals surface area contributed by atoms with Crippen LogP contribution in [0, 0.1) is 5.92 Å². The van der Waals surface area contributed by atoms with Crippen LogP contribution in [0.1, 0.15) is 37.7 Å². The van der Waals surface area contributed by atoms with E-state index in [1.165, 1.54) is 37.8 Å². The Morgan fingerprint density at radius 1 is 1.19 bits per heavy atom. The monoisotopic (exact) mass is 307 g/mol. The maximum Gasteiger partial charge on any atom is 0.0813 e. The predicted molar refractivity (Wildman–Crippen MR) is 84.6 cm³/mol. The Bertz CT molecular complexity index is 446. The van der Waals surface area contributed by atoms with E-state index in [0.29, 0.717) is 18.2 Å². The molecule has 0 bridgehead atoms. The first-order valence-corrected chi connectivity index (χ1v) is 9.31. The highest BCUT2D eigenvalue weighted by Crippen LogP contribution is 2.33. The molecule has 3 aliphatic rings. The van der Waals surface area contributed by atoms with Crippen LogP contribution < -0.4 is 0 Å². The summed E-state index contributed by atoms with van der Waals surface area (Å²) in [4.78, 5) is 2.62. The lowest BCUT2D eigenvalue weighted by molar-refractivity contribution is -0.101. The van der Waals surface area contributed by atoms with Crippen LogP contribution >= 0.6 is 11.3 Å². The quantitative estimate of drug-likeness (QED) is 0.805. The van der Waals surface area contributed by atoms with Crippen LogP contribution in [-0.2, 0) is 16.0 Å². The fourth-order valence-corrected chi connectivity index (χ4v) is 4.33. The maximum absolute atomic E-state index is 6.30. The van der Waals surface area contributed by atoms with Crippen molar-refractivity contribution < 1.29 is 9.47 Å². The summed E-state index contributed by atoms with van der Waals surface area (Å²) in [6, 6.07) is 2.88. The fourth-order valence-electron chi connectivity index (χ4n) is 3.67. The third-order valence-electron chi connectivity index (χ3n) is 5.07. The van der Waals surface area contributed by atoms with Gasteiger partial charge in [-0.25, -0.2) is 0 Å². The maximum atomic E-state index is 6.30. The summed E-state index contributed by atoms with van der Waals surface area (Å²) in [5.41, 5.74) is 1.45. The van der Waals surface area contributed by atoms with Crippen molar-refractivity contribution in [1.29, 1.82) is 0 Å². The van der Waals surface area contributed by atoms with E-state index in [0.717, 1.165) is 32.1 Å². The molecular weight excluding hydrogens is 282 g/mol. The van der Waals surface area contributed by atoms with Crippen LogP contribution in [0.5, 0.6) is 0 Å². The van der Waals surface area contributed by atoms with Gasteiger partial charge >= 0.3 is 0 Å². The molecular formula is C17H25NO2S. The zero-order valence-corrected chi connectivity index (χ0v) is 13.4. The highest BCUT2D eigenvalue weighted by atomic mass is 32.1. The molecule has 3 fully saturated rings. The van der Waals surface area contributed by atoms with E-state index < -0.39 is 0 Å². The Kier molecular flexibility index (Phi) is 4.30. The third kappa shape index (κ3) is 3.50. The third-order valence-corrected chi connectivity index (χ3v) is 5.80. The number of hydrogen-bond donors (Lipinski definition) is 0. The van der Waals surface area contributed by atoms with Gasteiger partial charge in [0.2, 0.25) is 0 Å². The highest BCUT2D eigenvalue weighted by molar-refractivity contribution is 7.07. The molecule has 2 saturated heterocycles. The normalized spacial score (nSPS) is 33.2. The van der Waals surface area contributed by atoms with E-state index in [9.17, 15) is 0 Å². The largest absolute Gasteiger partial charge is 0.378 e. The molecule has 21 heavy (non-hydrogen) atoms. The van der Waals surface area contributed by atoms with Crippen LogP contribution in [0.4, 0.5) is 0 Å². The smallest absolute Gasteiger partial charge is 0.0813 e. The molecule has 116 valence electrons. The summed E-state index contributed by atoms with van der Waals surface area (Å²) >= 11 is 1.79. The van der Waals surface area contributed by atoms with Gasteiger partial charge in [0.25, 0.3) is 0 Å². The van der Waals surface area contributed by atoms with Gasteiger partial charge in [-0.3, -0.25) is 4.90 Å². The molecule has 0 aromatic carbocycles. The van der Waals surface area contributed by atoms with Gasteiger partial charge < -0.3 is 9.47 Å². The number of hydrogen-bond acceptors (Lipinski definition) is 4. The Hall–Kier alpha value is -0.420. The van der Waals surface area contributed by atoms with Crippen molar-refractivity contribution in [3.8, 4) is 0 Å². The van der Waals surface area contributed by atoms with Gasteiger partial charge in [-0.2, -0.15) is 11.3 Å². The van der Waals surface area contributed by atoms with Crippen LogP contribution in [0.25, 0.3) is 0 Å². The van der Waals surface area contributed by atoms with Gasteiger partial charge in [0.15, 0.2) is 0 Å². The van der Waals surface area contributed by atoms with E-state index in [2.05, 4.69) is 21.7 Å². The van der Waals surface area contributed by atoms with Crippen molar-refractivity contribution in [2.75, 3.05) is 19.8 Å². The molecule has 2 aliphatic heterocycles. The molecule has 0 spiro atoms. The summed E-state index contributed by atoms with van der Waals surface area (Å²) in [6.07, 6.45) is 7.13. The van der Waals surface area contributed by atoms with Crippen molar-refractivity contribution >= 4 is 11.3 Å².